The van der Waals surface area contributed by atoms with Crippen molar-refractivity contribution in [3.63, 3.8) is 0 Å². The van der Waals surface area contributed by atoms with Gasteiger partial charge in [-0.25, -0.2) is 0 Å². The van der Waals surface area contributed by atoms with Gasteiger partial charge >= 0.3 is 11.9 Å². The Kier molecular flexibility index (Phi) is 10.3. The molecule has 1 unspecified atom stereocenters. The Bertz CT molecular complexity index is 374. The Balaban J connectivity index is 3.61. The van der Waals surface area contributed by atoms with Crippen molar-refractivity contribution >= 4 is 11.9 Å². The normalized spacial score (nSPS) is 13.5. The Hall–Kier alpha value is -1.06. The first kappa shape index (κ1) is 22.9. The molecule has 0 N–H and O–H groups in total. The summed E-state index contributed by atoms with van der Waals surface area (Å²) in [6.07, 6.45) is 7.22. The number of carbonyl (C=O) groups excluding carboxylic acids is 2. The van der Waals surface area contributed by atoms with E-state index in [4.69, 9.17) is 9.47 Å². The summed E-state index contributed by atoms with van der Waals surface area (Å²) < 4.78 is 10.6. The summed E-state index contributed by atoms with van der Waals surface area (Å²) in [6, 6.07) is 0. The van der Waals surface area contributed by atoms with Gasteiger partial charge in [-0.15, -0.1) is 0 Å². The van der Waals surface area contributed by atoms with E-state index in [1.54, 1.807) is 0 Å². The van der Waals surface area contributed by atoms with Crippen LogP contribution in [0.4, 0.5) is 0 Å². The van der Waals surface area contributed by atoms with Gasteiger partial charge in [-0.1, -0.05) is 32.6 Å². The summed E-state index contributed by atoms with van der Waals surface area (Å²) in [4.78, 5) is 23.3. The van der Waals surface area contributed by atoms with E-state index >= 15 is 0 Å². The zero-order valence-electron chi connectivity index (χ0n) is 16.9. The molecule has 0 aliphatic carbocycles. The number of hydrogen-bond donors (Lipinski definition) is 0. The number of hydrogen-bond acceptors (Lipinski definition) is 4. The molecule has 0 saturated carbocycles. The fourth-order valence-corrected chi connectivity index (χ4v) is 2.41. The van der Waals surface area contributed by atoms with Crippen LogP contribution < -0.4 is 0 Å². The third-order valence-electron chi connectivity index (χ3n) is 3.51. The third kappa shape index (κ3) is 15.8. The molecule has 0 saturated heterocycles. The van der Waals surface area contributed by atoms with Gasteiger partial charge in [-0.2, -0.15) is 0 Å². The van der Waals surface area contributed by atoms with E-state index in [9.17, 15) is 9.59 Å². The molecule has 1 atom stereocenters. The fourth-order valence-electron chi connectivity index (χ4n) is 2.41. The highest BCUT2D eigenvalue weighted by molar-refractivity contribution is 5.70. The molecule has 0 spiro atoms. The topological polar surface area (TPSA) is 52.6 Å². The molecule has 0 aliphatic heterocycles. The quantitative estimate of drug-likeness (QED) is 0.392. The van der Waals surface area contributed by atoms with Crippen molar-refractivity contribution in [3.8, 4) is 0 Å². The highest BCUT2D eigenvalue weighted by atomic mass is 16.6. The minimum Gasteiger partial charge on any atom is -0.460 e. The van der Waals surface area contributed by atoms with Crippen LogP contribution in [0.3, 0.4) is 0 Å². The van der Waals surface area contributed by atoms with E-state index in [2.05, 4.69) is 6.92 Å². The van der Waals surface area contributed by atoms with Gasteiger partial charge in [-0.3, -0.25) is 9.59 Å². The molecule has 0 aromatic rings. The van der Waals surface area contributed by atoms with E-state index < -0.39 is 5.60 Å². The molecule has 0 heterocycles. The van der Waals surface area contributed by atoms with Crippen LogP contribution in [0.15, 0.2) is 0 Å². The smallest absolute Gasteiger partial charge is 0.306 e. The SMILES string of the molecule is CC(CCCCCCC(=O)OC(C)(C)C)CCC(=O)OC(C)(C)C. The number of esters is 2. The van der Waals surface area contributed by atoms with Crippen LogP contribution in [0.1, 0.15) is 99.8 Å². The van der Waals surface area contributed by atoms with Crippen molar-refractivity contribution in [2.24, 2.45) is 5.92 Å². The highest BCUT2D eigenvalue weighted by Gasteiger charge is 2.17. The zero-order valence-corrected chi connectivity index (χ0v) is 16.9. The molecule has 0 radical (unpaired) electrons. The Morgan fingerprint density at radius 3 is 1.67 bits per heavy atom. The molecular formula is C20H38O4. The number of ether oxygens (including phenoxy) is 2. The lowest BCUT2D eigenvalue weighted by Crippen LogP contribution is -2.24. The lowest BCUT2D eigenvalue weighted by atomic mass is 9.97. The van der Waals surface area contributed by atoms with Gasteiger partial charge in [0.05, 0.1) is 0 Å². The number of rotatable bonds is 10. The van der Waals surface area contributed by atoms with Crippen molar-refractivity contribution in [3.05, 3.63) is 0 Å². The van der Waals surface area contributed by atoms with E-state index in [1.165, 1.54) is 0 Å². The van der Waals surface area contributed by atoms with Gasteiger partial charge in [0.1, 0.15) is 11.2 Å². The second-order valence-corrected chi connectivity index (χ2v) is 8.77. The van der Waals surface area contributed by atoms with Gasteiger partial charge in [0.25, 0.3) is 0 Å². The van der Waals surface area contributed by atoms with E-state index in [0.29, 0.717) is 18.8 Å². The average Bonchev–Trinajstić information content (AvgIpc) is 2.36. The molecule has 142 valence electrons. The first-order valence-electron chi connectivity index (χ1n) is 9.33. The molecule has 4 heteroatoms. The average molecular weight is 343 g/mol. The summed E-state index contributed by atoms with van der Waals surface area (Å²) in [5, 5.41) is 0. The maximum Gasteiger partial charge on any atom is 0.306 e. The first-order valence-corrected chi connectivity index (χ1v) is 9.33. The zero-order chi connectivity index (χ0) is 18.8. The van der Waals surface area contributed by atoms with Crippen molar-refractivity contribution in [1.82, 2.24) is 0 Å². The maximum absolute atomic E-state index is 11.7. The van der Waals surface area contributed by atoms with Crippen LogP contribution >= 0.6 is 0 Å². The van der Waals surface area contributed by atoms with Crippen molar-refractivity contribution < 1.29 is 19.1 Å². The van der Waals surface area contributed by atoms with Crippen LogP contribution in [0.25, 0.3) is 0 Å². The monoisotopic (exact) mass is 342 g/mol. The van der Waals surface area contributed by atoms with Crippen LogP contribution in [0, 0.1) is 5.92 Å². The van der Waals surface area contributed by atoms with Crippen molar-refractivity contribution in [1.29, 1.82) is 0 Å². The third-order valence-corrected chi connectivity index (χ3v) is 3.51. The maximum atomic E-state index is 11.7. The Labute approximate surface area is 148 Å². The largest absolute Gasteiger partial charge is 0.460 e. The molecule has 0 fully saturated rings. The molecule has 0 aliphatic rings. The van der Waals surface area contributed by atoms with E-state index in [-0.39, 0.29) is 17.5 Å². The van der Waals surface area contributed by atoms with Gasteiger partial charge in [-0.05, 0) is 60.3 Å². The molecular weight excluding hydrogens is 304 g/mol. The van der Waals surface area contributed by atoms with Crippen molar-refractivity contribution in [2.75, 3.05) is 0 Å². The first-order chi connectivity index (χ1) is 10.9. The molecule has 4 nitrogen and oxygen atoms in total. The summed E-state index contributed by atoms with van der Waals surface area (Å²) in [5.41, 5.74) is -0.783. The van der Waals surface area contributed by atoms with Crippen LogP contribution in [-0.4, -0.2) is 23.1 Å². The van der Waals surface area contributed by atoms with Crippen LogP contribution in [-0.2, 0) is 19.1 Å². The predicted molar refractivity (Wildman–Crippen MR) is 97.8 cm³/mol. The summed E-state index contributed by atoms with van der Waals surface area (Å²) in [6.45, 7) is 13.5. The van der Waals surface area contributed by atoms with E-state index in [0.717, 1.165) is 38.5 Å². The second kappa shape index (κ2) is 10.7. The lowest BCUT2D eigenvalue weighted by Gasteiger charge is -2.20. The Morgan fingerprint density at radius 2 is 1.17 bits per heavy atom. The molecule has 0 bridgehead atoms. The molecule has 0 aromatic heterocycles. The minimum atomic E-state index is -0.394. The Morgan fingerprint density at radius 1 is 0.708 bits per heavy atom. The molecule has 0 aromatic carbocycles. The molecule has 0 rings (SSSR count). The fraction of sp³-hybridized carbons (Fsp3) is 0.900. The molecule has 24 heavy (non-hydrogen) atoms. The summed E-state index contributed by atoms with van der Waals surface area (Å²) in [7, 11) is 0. The van der Waals surface area contributed by atoms with Crippen LogP contribution in [0.5, 0.6) is 0 Å². The molecule has 0 amide bonds. The van der Waals surface area contributed by atoms with Gasteiger partial charge in [0.2, 0.25) is 0 Å². The highest BCUT2D eigenvalue weighted by Crippen LogP contribution is 2.18. The number of unbranched alkanes of at least 4 members (excludes halogenated alkanes) is 3. The van der Waals surface area contributed by atoms with Gasteiger partial charge in [0.15, 0.2) is 0 Å². The minimum absolute atomic E-state index is 0.103. The second-order valence-electron chi connectivity index (χ2n) is 8.77. The van der Waals surface area contributed by atoms with E-state index in [1.807, 2.05) is 41.5 Å². The lowest BCUT2D eigenvalue weighted by molar-refractivity contribution is -0.156. The van der Waals surface area contributed by atoms with Crippen LogP contribution in [0.2, 0.25) is 0 Å². The van der Waals surface area contributed by atoms with Gasteiger partial charge < -0.3 is 9.47 Å². The standard InChI is InChI=1S/C20H38O4/c1-16(14-15-18(22)24-20(5,6)7)12-10-8-9-11-13-17(21)23-19(2,3)4/h16H,8-15H2,1-7H3. The summed E-state index contributed by atoms with van der Waals surface area (Å²) in [5.74, 6) is 0.323. The summed E-state index contributed by atoms with van der Waals surface area (Å²) >= 11 is 0. The number of carbonyl (C=O) groups is 2. The predicted octanol–water partition coefficient (Wildman–Crippen LogP) is 5.43. The van der Waals surface area contributed by atoms with Gasteiger partial charge in [0, 0.05) is 12.8 Å². The van der Waals surface area contributed by atoms with Crippen molar-refractivity contribution in [2.45, 2.75) is 111 Å².